The van der Waals surface area contributed by atoms with Crippen molar-refractivity contribution in [3.63, 3.8) is 0 Å². The fourth-order valence-electron chi connectivity index (χ4n) is 4.02. The lowest BCUT2D eigenvalue weighted by Gasteiger charge is -2.50. The van der Waals surface area contributed by atoms with Crippen LogP contribution in [0.5, 0.6) is 0 Å². The Morgan fingerprint density at radius 1 is 0.640 bits per heavy atom. The lowest BCUT2D eigenvalue weighted by atomic mass is 10.0. The summed E-state index contributed by atoms with van der Waals surface area (Å²) in [7, 11) is 14.6. The molecule has 0 fully saturated rings. The Morgan fingerprint density at radius 2 is 1.00 bits per heavy atom. The molecule has 1 atom stereocenters. The van der Waals surface area contributed by atoms with E-state index < -0.39 is 0 Å². The van der Waals surface area contributed by atoms with Gasteiger partial charge in [0.2, 0.25) is 0 Å². The first-order valence-electron chi connectivity index (χ1n) is 10.8. The van der Waals surface area contributed by atoms with Crippen LogP contribution in [0.4, 0.5) is 0 Å². The summed E-state index contributed by atoms with van der Waals surface area (Å²) in [6.07, 6.45) is 17.0. The molecule has 0 saturated carbocycles. The van der Waals surface area contributed by atoms with Crippen molar-refractivity contribution < 1.29 is 0 Å². The molecular weight excluding hydrogens is 322 g/mol. The summed E-state index contributed by atoms with van der Waals surface area (Å²) in [5, 5.41) is 0.210. The Balaban J connectivity index is 3.99. The zero-order valence-corrected chi connectivity index (χ0v) is 20.9. The van der Waals surface area contributed by atoms with Crippen molar-refractivity contribution >= 4 is 10.2 Å². The van der Waals surface area contributed by atoms with Gasteiger partial charge < -0.3 is 4.90 Å². The normalized spacial score (nSPS) is 14.2. The van der Waals surface area contributed by atoms with Crippen LogP contribution in [0, 0.1) is 0 Å². The van der Waals surface area contributed by atoms with Crippen LogP contribution >= 0.6 is 0 Å². The van der Waals surface area contributed by atoms with Gasteiger partial charge in [0, 0.05) is 16.3 Å². The Hall–Kier alpha value is 0.0969. The molecular formula is C21H49N3Si. The first-order chi connectivity index (χ1) is 11.8. The molecule has 0 radical (unpaired) electrons. The quantitative estimate of drug-likeness (QED) is 0.232. The molecule has 4 heteroatoms. The van der Waals surface area contributed by atoms with Gasteiger partial charge in [-0.1, -0.05) is 77.6 Å². The molecule has 0 heterocycles. The van der Waals surface area contributed by atoms with Gasteiger partial charge in [0.05, 0.1) is 5.29 Å². The topological polar surface area (TPSA) is 9.72 Å². The molecule has 0 amide bonds. The lowest BCUT2D eigenvalue weighted by Crippen LogP contribution is -2.66. The second kappa shape index (κ2) is 14.2. The summed E-state index contributed by atoms with van der Waals surface area (Å²) in [4.78, 5) is 7.31. The standard InChI is InChI=1S/C21H49N3Si/c1-8-9-10-11-12-13-14-15-16-17-18-19-20(22(2)3)21(25,23(4)5)24(6)7/h20H,8-19H2,1-7,25H3. The van der Waals surface area contributed by atoms with E-state index in [0.717, 1.165) is 10.2 Å². The summed E-state index contributed by atoms with van der Waals surface area (Å²) in [6.45, 7) is 2.29. The molecule has 25 heavy (non-hydrogen) atoms. The largest absolute Gasteiger partial charge is 0.304 e. The SMILES string of the molecule is CCCCCCCCCCCCCC(N(C)C)C([SiH3])(N(C)C)N(C)C. The van der Waals surface area contributed by atoms with E-state index in [1.54, 1.807) is 0 Å². The van der Waals surface area contributed by atoms with Gasteiger partial charge in [0.25, 0.3) is 0 Å². The number of unbranched alkanes of at least 4 members (excludes halogenated alkanes) is 10. The molecule has 0 aromatic carbocycles. The van der Waals surface area contributed by atoms with Gasteiger partial charge in [-0.15, -0.1) is 0 Å². The predicted molar refractivity (Wildman–Crippen MR) is 119 cm³/mol. The summed E-state index contributed by atoms with van der Waals surface area (Å²) in [6, 6.07) is 0.614. The van der Waals surface area contributed by atoms with E-state index in [1.807, 2.05) is 0 Å². The molecule has 1 unspecified atom stereocenters. The van der Waals surface area contributed by atoms with Crippen molar-refractivity contribution in [1.29, 1.82) is 0 Å². The van der Waals surface area contributed by atoms with Crippen LogP contribution in [0.25, 0.3) is 0 Å². The average Bonchev–Trinajstić information content (AvgIpc) is 2.54. The van der Waals surface area contributed by atoms with Gasteiger partial charge in [-0.3, -0.25) is 9.80 Å². The first-order valence-corrected chi connectivity index (χ1v) is 11.8. The van der Waals surface area contributed by atoms with Crippen LogP contribution in [0.2, 0.25) is 0 Å². The van der Waals surface area contributed by atoms with E-state index in [1.165, 1.54) is 77.0 Å². The van der Waals surface area contributed by atoms with Crippen LogP contribution in [0.3, 0.4) is 0 Å². The van der Waals surface area contributed by atoms with E-state index in [9.17, 15) is 0 Å². The van der Waals surface area contributed by atoms with Crippen molar-refractivity contribution in [1.82, 2.24) is 14.7 Å². The van der Waals surface area contributed by atoms with Crippen molar-refractivity contribution in [2.24, 2.45) is 0 Å². The summed E-state index contributed by atoms with van der Waals surface area (Å²) >= 11 is 0. The highest BCUT2D eigenvalue weighted by Gasteiger charge is 2.38. The number of hydrogen-bond acceptors (Lipinski definition) is 3. The zero-order valence-electron chi connectivity index (χ0n) is 18.9. The van der Waals surface area contributed by atoms with Crippen molar-refractivity contribution in [3.05, 3.63) is 0 Å². The highest BCUT2D eigenvalue weighted by molar-refractivity contribution is 6.15. The van der Waals surface area contributed by atoms with Crippen molar-refractivity contribution in [2.45, 2.75) is 95.3 Å². The van der Waals surface area contributed by atoms with Gasteiger partial charge in [0.1, 0.15) is 0 Å². The highest BCUT2D eigenvalue weighted by atomic mass is 28.1. The fourth-order valence-corrected chi connectivity index (χ4v) is 4.82. The molecule has 0 aromatic rings. The van der Waals surface area contributed by atoms with E-state index in [2.05, 4.69) is 63.9 Å². The van der Waals surface area contributed by atoms with E-state index in [-0.39, 0.29) is 5.29 Å². The molecule has 0 N–H and O–H groups in total. The molecule has 152 valence electrons. The zero-order chi connectivity index (χ0) is 19.3. The van der Waals surface area contributed by atoms with Gasteiger partial charge in [0.15, 0.2) is 0 Å². The molecule has 0 aliphatic carbocycles. The Morgan fingerprint density at radius 3 is 1.32 bits per heavy atom. The molecule has 0 spiro atoms. The summed E-state index contributed by atoms with van der Waals surface area (Å²) in [5.41, 5.74) is 0. The molecule has 0 bridgehead atoms. The third-order valence-corrected chi connectivity index (χ3v) is 8.60. The van der Waals surface area contributed by atoms with Gasteiger partial charge in [-0.05, 0) is 48.7 Å². The maximum absolute atomic E-state index is 2.45. The van der Waals surface area contributed by atoms with Crippen molar-refractivity contribution in [3.8, 4) is 0 Å². The summed E-state index contributed by atoms with van der Waals surface area (Å²) < 4.78 is 0. The molecule has 0 aliphatic heterocycles. The predicted octanol–water partition coefficient (Wildman–Crippen LogP) is 3.76. The second-order valence-corrected chi connectivity index (χ2v) is 10.2. The van der Waals surface area contributed by atoms with Gasteiger partial charge in [-0.25, -0.2) is 0 Å². The number of hydrogen-bond donors (Lipinski definition) is 0. The molecule has 0 aromatic heterocycles. The van der Waals surface area contributed by atoms with Crippen LogP contribution in [0.15, 0.2) is 0 Å². The number of nitrogens with zero attached hydrogens (tertiary/aromatic N) is 3. The minimum atomic E-state index is 0.210. The number of rotatable bonds is 16. The molecule has 0 rings (SSSR count). The van der Waals surface area contributed by atoms with Crippen LogP contribution in [0.1, 0.15) is 84.0 Å². The second-order valence-electron chi connectivity index (χ2n) is 8.69. The third-order valence-electron chi connectivity index (χ3n) is 6.15. The van der Waals surface area contributed by atoms with Gasteiger partial charge in [-0.2, -0.15) is 0 Å². The maximum Gasteiger partial charge on any atom is 0.0666 e. The smallest absolute Gasteiger partial charge is 0.0666 e. The Bertz CT molecular complexity index is 298. The van der Waals surface area contributed by atoms with Crippen molar-refractivity contribution in [2.75, 3.05) is 42.3 Å². The molecule has 3 nitrogen and oxygen atoms in total. The lowest BCUT2D eigenvalue weighted by molar-refractivity contribution is 0.00345. The third kappa shape index (κ3) is 9.55. The minimum Gasteiger partial charge on any atom is -0.304 e. The monoisotopic (exact) mass is 371 g/mol. The molecule has 0 saturated heterocycles. The fraction of sp³-hybridized carbons (Fsp3) is 1.00. The van der Waals surface area contributed by atoms with E-state index in [4.69, 9.17) is 0 Å². The number of likely N-dealkylation sites (N-methyl/N-ethyl adjacent to an activating group) is 3. The van der Waals surface area contributed by atoms with E-state index in [0.29, 0.717) is 6.04 Å². The maximum atomic E-state index is 2.45. The van der Waals surface area contributed by atoms with E-state index >= 15 is 0 Å². The van der Waals surface area contributed by atoms with Crippen LogP contribution < -0.4 is 0 Å². The highest BCUT2D eigenvalue weighted by Crippen LogP contribution is 2.24. The van der Waals surface area contributed by atoms with Crippen LogP contribution in [-0.2, 0) is 0 Å². The molecule has 0 aliphatic rings. The first kappa shape index (κ1) is 25.1. The van der Waals surface area contributed by atoms with Crippen LogP contribution in [-0.4, -0.2) is 78.6 Å². The minimum absolute atomic E-state index is 0.210. The Kier molecular flexibility index (Phi) is 14.2. The Labute approximate surface area is 162 Å². The summed E-state index contributed by atoms with van der Waals surface area (Å²) in [5.74, 6) is 0. The average molecular weight is 372 g/mol. The van der Waals surface area contributed by atoms with Gasteiger partial charge >= 0.3 is 0 Å².